The maximum Gasteiger partial charge on any atom is 0.348 e. The molecular formula is C26H18N4O3S2. The molecule has 1 N–H and O–H groups in total. The molecule has 0 spiro atoms. The highest BCUT2D eigenvalue weighted by atomic mass is 32.1. The van der Waals surface area contributed by atoms with Crippen LogP contribution >= 0.6 is 22.7 Å². The second-order valence-electron chi connectivity index (χ2n) is 7.95. The van der Waals surface area contributed by atoms with E-state index in [9.17, 15) is 9.59 Å². The molecule has 4 aromatic heterocycles. The van der Waals surface area contributed by atoms with Crippen LogP contribution in [0.4, 0.5) is 0 Å². The van der Waals surface area contributed by atoms with Crippen molar-refractivity contribution < 1.29 is 9.53 Å². The summed E-state index contributed by atoms with van der Waals surface area (Å²) in [5, 5.41) is 7.98. The number of H-pyrrole nitrogens is 1. The fraction of sp³-hybridized carbons (Fsp3) is 0.0769. The Hall–Kier alpha value is -4.08. The average molecular weight is 499 g/mol. The van der Waals surface area contributed by atoms with Crippen LogP contribution in [0.1, 0.15) is 21.2 Å². The highest BCUT2D eigenvalue weighted by Crippen LogP contribution is 2.32. The van der Waals surface area contributed by atoms with Gasteiger partial charge in [0.15, 0.2) is 0 Å². The van der Waals surface area contributed by atoms with E-state index in [4.69, 9.17) is 4.74 Å². The van der Waals surface area contributed by atoms with E-state index in [1.807, 2.05) is 77.6 Å². The third-order valence-electron chi connectivity index (χ3n) is 5.66. The Morgan fingerprint density at radius 2 is 1.83 bits per heavy atom. The number of fused-ring (bicyclic) bond motifs is 2. The highest BCUT2D eigenvalue weighted by Gasteiger charge is 2.19. The van der Waals surface area contributed by atoms with Crippen molar-refractivity contribution in [2.24, 2.45) is 0 Å². The van der Waals surface area contributed by atoms with Crippen molar-refractivity contribution in [1.29, 1.82) is 0 Å². The van der Waals surface area contributed by atoms with Gasteiger partial charge in [-0.25, -0.2) is 14.5 Å². The van der Waals surface area contributed by atoms with E-state index in [2.05, 4.69) is 15.1 Å². The van der Waals surface area contributed by atoms with E-state index in [1.54, 1.807) is 6.07 Å². The summed E-state index contributed by atoms with van der Waals surface area (Å²) >= 11 is 2.72. The second kappa shape index (κ2) is 8.61. The number of esters is 1. The molecule has 0 fully saturated rings. The van der Waals surface area contributed by atoms with E-state index >= 15 is 0 Å². The lowest BCUT2D eigenvalue weighted by Crippen LogP contribution is -2.13. The number of benzene rings is 2. The Bertz CT molecular complexity index is 1750. The van der Waals surface area contributed by atoms with E-state index < -0.39 is 5.97 Å². The van der Waals surface area contributed by atoms with Crippen LogP contribution in [0, 0.1) is 6.92 Å². The molecule has 0 atom stereocenters. The predicted octanol–water partition coefficient (Wildman–Crippen LogP) is 5.72. The predicted molar refractivity (Wildman–Crippen MR) is 138 cm³/mol. The van der Waals surface area contributed by atoms with E-state index in [0.717, 1.165) is 32.7 Å². The molecule has 2 aromatic carbocycles. The van der Waals surface area contributed by atoms with Crippen LogP contribution in [0.15, 0.2) is 76.9 Å². The summed E-state index contributed by atoms with van der Waals surface area (Å²) in [5.74, 6) is -0.158. The van der Waals surface area contributed by atoms with Gasteiger partial charge < -0.3 is 9.72 Å². The number of ether oxygens (including phenoxy) is 1. The van der Waals surface area contributed by atoms with Gasteiger partial charge in [0.2, 0.25) is 0 Å². The molecule has 0 amide bonds. The molecule has 0 aliphatic rings. The molecule has 0 bridgehead atoms. The van der Waals surface area contributed by atoms with E-state index in [0.29, 0.717) is 20.9 Å². The number of para-hydroxylation sites is 1. The largest absolute Gasteiger partial charge is 0.453 e. The van der Waals surface area contributed by atoms with Gasteiger partial charge in [0.25, 0.3) is 5.56 Å². The van der Waals surface area contributed by atoms with Crippen LogP contribution < -0.4 is 5.56 Å². The normalized spacial score (nSPS) is 11.3. The van der Waals surface area contributed by atoms with Gasteiger partial charge in [-0.1, -0.05) is 48.5 Å². The SMILES string of the molecule is Cc1nn(-c2ccccc2)c2sc(C(=O)OCc3nc4scc(-c5ccccc5)c4c(=O)[nH]3)cc12. The first-order valence-corrected chi connectivity index (χ1v) is 12.6. The first-order chi connectivity index (χ1) is 17.1. The number of aryl methyl sites for hydroxylation is 1. The van der Waals surface area contributed by atoms with Crippen LogP contribution in [-0.4, -0.2) is 25.7 Å². The second-order valence-corrected chi connectivity index (χ2v) is 9.84. The van der Waals surface area contributed by atoms with Crippen molar-refractivity contribution in [2.75, 3.05) is 0 Å². The number of hydrogen-bond acceptors (Lipinski definition) is 7. The van der Waals surface area contributed by atoms with Gasteiger partial charge in [0.05, 0.1) is 16.8 Å². The first kappa shape index (κ1) is 21.5. The average Bonchev–Trinajstić information content (AvgIpc) is 3.59. The van der Waals surface area contributed by atoms with Crippen molar-refractivity contribution in [3.8, 4) is 16.8 Å². The topological polar surface area (TPSA) is 89.9 Å². The van der Waals surface area contributed by atoms with Crippen molar-refractivity contribution in [3.63, 3.8) is 0 Å². The molecule has 6 aromatic rings. The van der Waals surface area contributed by atoms with Gasteiger partial charge in [-0.15, -0.1) is 22.7 Å². The molecule has 0 unspecified atom stereocenters. The van der Waals surface area contributed by atoms with Gasteiger partial charge in [0.1, 0.15) is 27.0 Å². The van der Waals surface area contributed by atoms with E-state index in [-0.39, 0.29) is 12.2 Å². The molecule has 0 saturated heterocycles. The number of carbonyl (C=O) groups excluding carboxylic acids is 1. The summed E-state index contributed by atoms with van der Waals surface area (Å²) in [6, 6.07) is 21.3. The minimum Gasteiger partial charge on any atom is -0.453 e. The zero-order chi connectivity index (χ0) is 23.9. The fourth-order valence-electron chi connectivity index (χ4n) is 3.99. The standard InChI is InChI=1S/C26H18N4O3S2/c1-15-18-12-20(35-25(18)30(29-15)17-10-6-3-7-11-17)26(32)33-13-21-27-23(31)22-19(14-34-24(22)28-21)16-8-4-2-5-9-16/h2-12,14H,13H2,1H3,(H,27,28,31). The molecule has 0 aliphatic heterocycles. The quantitative estimate of drug-likeness (QED) is 0.307. The highest BCUT2D eigenvalue weighted by molar-refractivity contribution is 7.20. The lowest BCUT2D eigenvalue weighted by Gasteiger charge is -2.04. The van der Waals surface area contributed by atoms with Crippen LogP contribution in [-0.2, 0) is 11.3 Å². The molecule has 0 radical (unpaired) electrons. The third kappa shape index (κ3) is 3.84. The Morgan fingerprint density at radius 1 is 1.09 bits per heavy atom. The zero-order valence-electron chi connectivity index (χ0n) is 18.5. The lowest BCUT2D eigenvalue weighted by molar-refractivity contribution is 0.0468. The third-order valence-corrected chi connectivity index (χ3v) is 7.63. The molecule has 0 saturated carbocycles. The number of nitrogens with zero attached hydrogens (tertiary/aromatic N) is 3. The van der Waals surface area contributed by atoms with Crippen molar-refractivity contribution in [2.45, 2.75) is 13.5 Å². The van der Waals surface area contributed by atoms with Gasteiger partial charge in [0, 0.05) is 16.3 Å². The van der Waals surface area contributed by atoms with Crippen LogP contribution in [0.25, 0.3) is 37.2 Å². The summed E-state index contributed by atoms with van der Waals surface area (Å²) in [6.07, 6.45) is 0. The van der Waals surface area contributed by atoms with Crippen molar-refractivity contribution in [1.82, 2.24) is 19.7 Å². The molecule has 9 heteroatoms. The maximum absolute atomic E-state index is 12.8. The number of nitrogens with one attached hydrogen (secondary N) is 1. The van der Waals surface area contributed by atoms with Crippen molar-refractivity contribution >= 4 is 49.1 Å². The van der Waals surface area contributed by atoms with Gasteiger partial charge >= 0.3 is 5.97 Å². The molecule has 35 heavy (non-hydrogen) atoms. The Labute approximate surface area is 207 Å². The summed E-state index contributed by atoms with van der Waals surface area (Å²) in [7, 11) is 0. The summed E-state index contributed by atoms with van der Waals surface area (Å²) < 4.78 is 7.34. The number of thiophene rings is 2. The summed E-state index contributed by atoms with van der Waals surface area (Å²) in [6.45, 7) is 1.79. The number of hydrogen-bond donors (Lipinski definition) is 1. The molecular weight excluding hydrogens is 480 g/mol. The Balaban J connectivity index is 1.25. The summed E-state index contributed by atoms with van der Waals surface area (Å²) in [5.41, 5.74) is 3.31. The monoisotopic (exact) mass is 498 g/mol. The maximum atomic E-state index is 12.8. The molecule has 7 nitrogen and oxygen atoms in total. The minimum atomic E-state index is -0.468. The summed E-state index contributed by atoms with van der Waals surface area (Å²) in [4.78, 5) is 34.9. The number of aromatic amines is 1. The smallest absolute Gasteiger partial charge is 0.348 e. The molecule has 0 aliphatic carbocycles. The minimum absolute atomic E-state index is 0.124. The number of rotatable bonds is 5. The number of carbonyl (C=O) groups is 1. The van der Waals surface area contributed by atoms with Gasteiger partial charge in [-0.3, -0.25) is 4.79 Å². The van der Waals surface area contributed by atoms with Crippen LogP contribution in [0.2, 0.25) is 0 Å². The molecule has 6 rings (SSSR count). The van der Waals surface area contributed by atoms with Crippen LogP contribution in [0.3, 0.4) is 0 Å². The Morgan fingerprint density at radius 3 is 2.60 bits per heavy atom. The van der Waals surface area contributed by atoms with Crippen LogP contribution in [0.5, 0.6) is 0 Å². The van der Waals surface area contributed by atoms with Crippen molar-refractivity contribution in [3.05, 3.63) is 98.9 Å². The zero-order valence-corrected chi connectivity index (χ0v) is 20.2. The van der Waals surface area contributed by atoms with E-state index in [1.165, 1.54) is 22.7 Å². The first-order valence-electron chi connectivity index (χ1n) is 10.9. The lowest BCUT2D eigenvalue weighted by atomic mass is 10.1. The number of aromatic nitrogens is 4. The molecule has 4 heterocycles. The fourth-order valence-corrected chi connectivity index (χ4v) is 6.03. The van der Waals surface area contributed by atoms with Gasteiger partial charge in [-0.2, -0.15) is 5.10 Å². The van der Waals surface area contributed by atoms with Gasteiger partial charge in [-0.05, 0) is 30.7 Å². The molecule has 172 valence electrons. The Kier molecular flexibility index (Phi) is 5.28.